The van der Waals surface area contributed by atoms with Crippen molar-refractivity contribution in [2.24, 2.45) is 0 Å². The van der Waals surface area contributed by atoms with E-state index < -0.39 is 35.1 Å². The van der Waals surface area contributed by atoms with Crippen molar-refractivity contribution in [3.8, 4) is 11.5 Å². The number of ether oxygens (including phenoxy) is 1. The average Bonchev–Trinajstić information content (AvgIpc) is 2.56. The number of rotatable bonds is 8. The molecule has 0 heterocycles. The molecule has 26 heavy (non-hydrogen) atoms. The van der Waals surface area contributed by atoms with Crippen LogP contribution in [0.25, 0.3) is 0 Å². The maximum atomic E-state index is 12.5. The predicted molar refractivity (Wildman–Crippen MR) is 99.7 cm³/mol. The molecule has 2 N–H and O–H groups in total. The highest BCUT2D eigenvalue weighted by Gasteiger charge is 2.28. The van der Waals surface area contributed by atoms with Gasteiger partial charge in [0.1, 0.15) is 24.6 Å². The Labute approximate surface area is 163 Å². The van der Waals surface area contributed by atoms with Crippen LogP contribution in [0.15, 0.2) is 53.4 Å². The molecule has 0 saturated heterocycles. The van der Waals surface area contributed by atoms with E-state index in [0.717, 1.165) is 3.57 Å². The Kier molecular flexibility index (Phi) is 6.56. The molecule has 0 aromatic heterocycles. The van der Waals surface area contributed by atoms with E-state index in [1.54, 1.807) is 12.1 Å². The zero-order valence-corrected chi connectivity index (χ0v) is 16.2. The second-order valence-corrected chi connectivity index (χ2v) is 8.27. The van der Waals surface area contributed by atoms with Gasteiger partial charge in [-0.05, 0) is 71.1 Å². The molecule has 0 saturated carbocycles. The molecule has 0 aliphatic heterocycles. The number of benzene rings is 2. The van der Waals surface area contributed by atoms with Crippen molar-refractivity contribution in [1.82, 2.24) is 4.31 Å². The molecule has 0 spiro atoms. The Morgan fingerprint density at radius 1 is 0.885 bits per heavy atom. The highest BCUT2D eigenvalue weighted by molar-refractivity contribution is 14.1. The SMILES string of the molecule is O=C(O)CN(CC(=O)O)S(=O)(=O)c1ccc(Oc2ccc(I)cc2)cc1. The van der Waals surface area contributed by atoms with Gasteiger partial charge in [0, 0.05) is 3.57 Å². The van der Waals surface area contributed by atoms with Crippen LogP contribution in [0.3, 0.4) is 0 Å². The molecule has 2 aromatic carbocycles. The van der Waals surface area contributed by atoms with E-state index in [-0.39, 0.29) is 4.90 Å². The summed E-state index contributed by atoms with van der Waals surface area (Å²) >= 11 is 2.15. The Morgan fingerprint density at radius 3 is 1.73 bits per heavy atom. The summed E-state index contributed by atoms with van der Waals surface area (Å²) in [4.78, 5) is 21.4. The number of nitrogens with zero attached hydrogens (tertiary/aromatic N) is 1. The van der Waals surface area contributed by atoms with E-state index in [2.05, 4.69) is 22.6 Å². The van der Waals surface area contributed by atoms with Crippen LogP contribution < -0.4 is 4.74 Å². The summed E-state index contributed by atoms with van der Waals surface area (Å²) in [7, 11) is -4.27. The van der Waals surface area contributed by atoms with Gasteiger partial charge in [-0.25, -0.2) is 8.42 Å². The van der Waals surface area contributed by atoms with Crippen LogP contribution in [0.5, 0.6) is 11.5 Å². The largest absolute Gasteiger partial charge is 0.480 e. The summed E-state index contributed by atoms with van der Waals surface area (Å²) < 4.78 is 31.9. The van der Waals surface area contributed by atoms with Crippen molar-refractivity contribution < 1.29 is 33.0 Å². The number of hydrogen-bond donors (Lipinski definition) is 2. The van der Waals surface area contributed by atoms with Crippen LogP contribution in [0.1, 0.15) is 0 Å². The second-order valence-electron chi connectivity index (χ2n) is 5.09. The topological polar surface area (TPSA) is 121 Å². The molecule has 0 amide bonds. The van der Waals surface area contributed by atoms with Crippen LogP contribution in [0, 0.1) is 3.57 Å². The zero-order chi connectivity index (χ0) is 19.3. The number of carboxylic acids is 2. The van der Waals surface area contributed by atoms with E-state index in [1.807, 2.05) is 12.1 Å². The van der Waals surface area contributed by atoms with Gasteiger partial charge in [0.15, 0.2) is 0 Å². The molecule has 2 rings (SSSR count). The minimum absolute atomic E-state index is 0.227. The Hall–Kier alpha value is -2.18. The third-order valence-corrected chi connectivity index (χ3v) is 5.66. The van der Waals surface area contributed by atoms with Crippen molar-refractivity contribution in [2.75, 3.05) is 13.1 Å². The molecule has 0 bridgehead atoms. The lowest BCUT2D eigenvalue weighted by molar-refractivity contribution is -0.139. The Morgan fingerprint density at radius 2 is 1.31 bits per heavy atom. The highest BCUT2D eigenvalue weighted by Crippen LogP contribution is 2.24. The zero-order valence-electron chi connectivity index (χ0n) is 13.2. The van der Waals surface area contributed by atoms with Gasteiger partial charge >= 0.3 is 11.9 Å². The van der Waals surface area contributed by atoms with Crippen molar-refractivity contribution >= 4 is 44.6 Å². The fourth-order valence-corrected chi connectivity index (χ4v) is 3.69. The van der Waals surface area contributed by atoms with Crippen molar-refractivity contribution in [2.45, 2.75) is 4.90 Å². The number of hydrogen-bond acceptors (Lipinski definition) is 5. The molecular weight excluding hydrogens is 477 g/mol. The normalized spacial score (nSPS) is 11.3. The number of halogens is 1. The molecule has 2 aromatic rings. The number of aliphatic carboxylic acids is 2. The maximum Gasteiger partial charge on any atom is 0.318 e. The molecule has 8 nitrogen and oxygen atoms in total. The molecule has 0 aliphatic carbocycles. The first kappa shape index (κ1) is 20.1. The average molecular weight is 491 g/mol. The smallest absolute Gasteiger partial charge is 0.318 e. The fourth-order valence-electron chi connectivity index (χ4n) is 2.00. The predicted octanol–water partition coefficient (Wildman–Crippen LogP) is 2.24. The maximum absolute atomic E-state index is 12.5. The summed E-state index contributed by atoms with van der Waals surface area (Å²) in [6, 6.07) is 12.5. The lowest BCUT2D eigenvalue weighted by Crippen LogP contribution is -2.39. The Bertz CT molecular complexity index is 879. The number of carboxylic acid groups (broad SMARTS) is 2. The van der Waals surface area contributed by atoms with E-state index in [4.69, 9.17) is 14.9 Å². The molecule has 10 heteroatoms. The van der Waals surface area contributed by atoms with Crippen molar-refractivity contribution in [3.05, 3.63) is 52.1 Å². The Balaban J connectivity index is 2.22. The summed E-state index contributed by atoms with van der Waals surface area (Å²) in [5, 5.41) is 17.6. The second kappa shape index (κ2) is 8.47. The minimum Gasteiger partial charge on any atom is -0.480 e. The molecule has 0 aliphatic rings. The first-order valence-electron chi connectivity index (χ1n) is 7.16. The lowest BCUT2D eigenvalue weighted by atomic mass is 10.3. The monoisotopic (exact) mass is 491 g/mol. The first-order chi connectivity index (χ1) is 12.2. The molecule has 0 fully saturated rings. The summed E-state index contributed by atoms with van der Waals surface area (Å²) in [6.45, 7) is -1.90. The van der Waals surface area contributed by atoms with Crippen LogP contribution in [-0.4, -0.2) is 48.0 Å². The third-order valence-electron chi connectivity index (χ3n) is 3.13. The molecule has 0 radical (unpaired) electrons. The van der Waals surface area contributed by atoms with E-state index in [9.17, 15) is 18.0 Å². The van der Waals surface area contributed by atoms with Crippen LogP contribution in [0.4, 0.5) is 0 Å². The van der Waals surface area contributed by atoms with Gasteiger partial charge in [0.25, 0.3) is 0 Å². The first-order valence-corrected chi connectivity index (χ1v) is 9.67. The quantitative estimate of drug-likeness (QED) is 0.544. The van der Waals surface area contributed by atoms with Crippen molar-refractivity contribution in [1.29, 1.82) is 0 Å². The molecule has 0 atom stereocenters. The molecular formula is C16H14INO7S. The van der Waals surface area contributed by atoms with Crippen LogP contribution >= 0.6 is 22.6 Å². The van der Waals surface area contributed by atoms with Crippen molar-refractivity contribution in [3.63, 3.8) is 0 Å². The number of sulfonamides is 1. The highest BCUT2D eigenvalue weighted by atomic mass is 127. The van der Waals surface area contributed by atoms with E-state index in [1.165, 1.54) is 24.3 Å². The van der Waals surface area contributed by atoms with Gasteiger partial charge in [-0.15, -0.1) is 0 Å². The third kappa shape index (κ3) is 5.41. The lowest BCUT2D eigenvalue weighted by Gasteiger charge is -2.18. The summed E-state index contributed by atoms with van der Waals surface area (Å²) in [5.41, 5.74) is 0. The summed E-state index contributed by atoms with van der Waals surface area (Å²) in [5.74, 6) is -1.95. The van der Waals surface area contributed by atoms with Crippen LogP contribution in [0.2, 0.25) is 0 Å². The standard InChI is InChI=1S/C16H14INO7S/c17-11-1-3-12(4-2-11)25-13-5-7-14(8-6-13)26(23,24)18(9-15(19)20)10-16(21)22/h1-8H,9-10H2,(H,19,20)(H,21,22). The van der Waals surface area contributed by atoms with Gasteiger partial charge in [-0.2, -0.15) is 4.31 Å². The fraction of sp³-hybridized carbons (Fsp3) is 0.125. The van der Waals surface area contributed by atoms with Gasteiger partial charge in [-0.3, -0.25) is 9.59 Å². The van der Waals surface area contributed by atoms with Crippen LogP contribution in [-0.2, 0) is 19.6 Å². The van der Waals surface area contributed by atoms with Gasteiger partial charge in [0.2, 0.25) is 10.0 Å². The molecule has 138 valence electrons. The van der Waals surface area contributed by atoms with Gasteiger partial charge in [0.05, 0.1) is 4.90 Å². The van der Waals surface area contributed by atoms with E-state index >= 15 is 0 Å². The van der Waals surface area contributed by atoms with E-state index in [0.29, 0.717) is 15.8 Å². The van der Waals surface area contributed by atoms with Gasteiger partial charge in [-0.1, -0.05) is 0 Å². The number of carbonyl (C=O) groups is 2. The molecule has 0 unspecified atom stereocenters. The summed E-state index contributed by atoms with van der Waals surface area (Å²) in [6.07, 6.45) is 0. The van der Waals surface area contributed by atoms with Gasteiger partial charge < -0.3 is 14.9 Å². The minimum atomic E-state index is -4.27.